The Morgan fingerprint density at radius 2 is 1.65 bits per heavy atom. The molecule has 0 unspecified atom stereocenters. The quantitative estimate of drug-likeness (QED) is 0.911. The molecule has 1 fully saturated rings. The van der Waals surface area contributed by atoms with Gasteiger partial charge in [0.1, 0.15) is 5.82 Å². The molecule has 2 nitrogen and oxygen atoms in total. The highest BCUT2D eigenvalue weighted by molar-refractivity contribution is 5.22. The van der Waals surface area contributed by atoms with Crippen LogP contribution in [0.4, 0.5) is 4.39 Å². The lowest BCUT2D eigenvalue weighted by Gasteiger charge is -2.32. The van der Waals surface area contributed by atoms with Crippen LogP contribution in [0.5, 0.6) is 0 Å². The molecule has 2 N–H and O–H groups in total. The molecule has 3 heteroatoms. The number of benzene rings is 2. The van der Waals surface area contributed by atoms with Crippen molar-refractivity contribution in [2.75, 3.05) is 13.1 Å². The summed E-state index contributed by atoms with van der Waals surface area (Å²) in [6.45, 7) is 3.86. The number of halogens is 1. The smallest absolute Gasteiger partial charge is 0.123 e. The van der Waals surface area contributed by atoms with E-state index in [4.69, 9.17) is 5.73 Å². The Bertz CT molecular complexity index is 616. The van der Waals surface area contributed by atoms with Gasteiger partial charge < -0.3 is 5.73 Å². The number of hydrogen-bond donors (Lipinski definition) is 1. The first-order chi connectivity index (χ1) is 11.2. The molecule has 0 bridgehead atoms. The third-order valence-corrected chi connectivity index (χ3v) is 4.79. The summed E-state index contributed by atoms with van der Waals surface area (Å²) >= 11 is 0. The summed E-state index contributed by atoms with van der Waals surface area (Å²) in [5.74, 6) is 0.550. The van der Waals surface area contributed by atoms with Gasteiger partial charge in [-0.1, -0.05) is 36.4 Å². The molecule has 2 aromatic carbocycles. The molecular weight excluding hydrogens is 287 g/mol. The highest BCUT2D eigenvalue weighted by Gasteiger charge is 2.19. The Morgan fingerprint density at radius 3 is 2.30 bits per heavy atom. The molecule has 23 heavy (non-hydrogen) atoms. The van der Waals surface area contributed by atoms with Crippen molar-refractivity contribution in [3.63, 3.8) is 0 Å². The van der Waals surface area contributed by atoms with Crippen LogP contribution in [-0.2, 0) is 19.5 Å². The summed E-state index contributed by atoms with van der Waals surface area (Å²) in [5, 5.41) is 0. The zero-order valence-electron chi connectivity index (χ0n) is 13.5. The molecule has 122 valence electrons. The number of rotatable bonds is 5. The van der Waals surface area contributed by atoms with Crippen LogP contribution in [-0.4, -0.2) is 18.0 Å². The van der Waals surface area contributed by atoms with Crippen LogP contribution in [0.15, 0.2) is 48.5 Å². The Hall–Kier alpha value is -1.71. The fraction of sp³-hybridized carbons (Fsp3) is 0.400. The van der Waals surface area contributed by atoms with E-state index in [-0.39, 0.29) is 5.82 Å². The predicted octanol–water partition coefficient (Wildman–Crippen LogP) is 3.74. The summed E-state index contributed by atoms with van der Waals surface area (Å²) in [6, 6.07) is 15.6. The lowest BCUT2D eigenvalue weighted by Crippen LogP contribution is -2.33. The third kappa shape index (κ3) is 4.63. The molecule has 1 heterocycles. The van der Waals surface area contributed by atoms with Gasteiger partial charge in [0.25, 0.3) is 0 Å². The van der Waals surface area contributed by atoms with Crippen molar-refractivity contribution in [1.29, 1.82) is 0 Å². The second-order valence-electron chi connectivity index (χ2n) is 6.57. The number of nitrogens with two attached hydrogens (primary N) is 1. The second-order valence-corrected chi connectivity index (χ2v) is 6.57. The van der Waals surface area contributed by atoms with Gasteiger partial charge in [-0.25, -0.2) is 4.39 Å². The van der Waals surface area contributed by atoms with Crippen LogP contribution in [0, 0.1) is 11.7 Å². The molecule has 0 spiro atoms. The Labute approximate surface area is 138 Å². The van der Waals surface area contributed by atoms with Crippen LogP contribution in [0.25, 0.3) is 0 Å². The van der Waals surface area contributed by atoms with Crippen LogP contribution in [0.3, 0.4) is 0 Å². The fourth-order valence-electron chi connectivity index (χ4n) is 3.38. The van der Waals surface area contributed by atoms with Gasteiger partial charge in [0, 0.05) is 13.1 Å². The molecule has 0 aromatic heterocycles. The first-order valence-corrected chi connectivity index (χ1v) is 8.47. The number of nitrogens with zero attached hydrogens (tertiary/aromatic N) is 1. The van der Waals surface area contributed by atoms with E-state index < -0.39 is 0 Å². The fourth-order valence-corrected chi connectivity index (χ4v) is 3.38. The second kappa shape index (κ2) is 7.71. The van der Waals surface area contributed by atoms with Crippen LogP contribution >= 0.6 is 0 Å². The van der Waals surface area contributed by atoms with Crippen molar-refractivity contribution in [2.45, 2.75) is 32.4 Å². The summed E-state index contributed by atoms with van der Waals surface area (Å²) in [6.07, 6.45) is 3.38. The van der Waals surface area contributed by atoms with Gasteiger partial charge in [-0.3, -0.25) is 4.90 Å². The van der Waals surface area contributed by atoms with Crippen LogP contribution in [0.2, 0.25) is 0 Å². The summed E-state index contributed by atoms with van der Waals surface area (Å²) < 4.78 is 13.3. The molecule has 2 aromatic rings. The highest BCUT2D eigenvalue weighted by atomic mass is 19.1. The number of likely N-dealkylation sites (tertiary alicyclic amines) is 1. The van der Waals surface area contributed by atoms with E-state index in [2.05, 4.69) is 29.2 Å². The van der Waals surface area contributed by atoms with Gasteiger partial charge in [0.05, 0.1) is 0 Å². The zero-order chi connectivity index (χ0) is 16.1. The molecule has 0 radical (unpaired) electrons. The summed E-state index contributed by atoms with van der Waals surface area (Å²) in [7, 11) is 0. The largest absolute Gasteiger partial charge is 0.326 e. The van der Waals surface area contributed by atoms with E-state index in [9.17, 15) is 4.39 Å². The maximum Gasteiger partial charge on any atom is 0.123 e. The molecule has 0 amide bonds. The summed E-state index contributed by atoms with van der Waals surface area (Å²) in [4.78, 5) is 2.51. The van der Waals surface area contributed by atoms with Gasteiger partial charge in [0.15, 0.2) is 0 Å². The van der Waals surface area contributed by atoms with Gasteiger partial charge in [0.2, 0.25) is 0 Å². The molecular formula is C20H25FN2. The van der Waals surface area contributed by atoms with E-state index in [1.54, 1.807) is 6.07 Å². The average molecular weight is 312 g/mol. The molecule has 1 saturated heterocycles. The van der Waals surface area contributed by atoms with Gasteiger partial charge >= 0.3 is 0 Å². The topological polar surface area (TPSA) is 29.3 Å². The van der Waals surface area contributed by atoms with Crippen LogP contribution in [0.1, 0.15) is 29.5 Å². The lowest BCUT2D eigenvalue weighted by molar-refractivity contribution is 0.177. The molecule has 0 atom stereocenters. The minimum absolute atomic E-state index is 0.124. The van der Waals surface area contributed by atoms with E-state index in [1.807, 2.05) is 12.1 Å². The first kappa shape index (κ1) is 16.2. The first-order valence-electron chi connectivity index (χ1n) is 8.47. The van der Waals surface area contributed by atoms with Gasteiger partial charge in [-0.2, -0.15) is 0 Å². The molecule has 0 aliphatic carbocycles. The minimum atomic E-state index is -0.124. The van der Waals surface area contributed by atoms with Crippen molar-refractivity contribution in [2.24, 2.45) is 11.7 Å². The third-order valence-electron chi connectivity index (χ3n) is 4.79. The average Bonchev–Trinajstić information content (AvgIpc) is 2.57. The Morgan fingerprint density at radius 1 is 0.957 bits per heavy atom. The maximum absolute atomic E-state index is 13.3. The van der Waals surface area contributed by atoms with E-state index in [1.165, 1.54) is 30.0 Å². The van der Waals surface area contributed by atoms with Gasteiger partial charge in [-0.05, 0) is 67.1 Å². The van der Waals surface area contributed by atoms with Crippen molar-refractivity contribution >= 4 is 0 Å². The maximum atomic E-state index is 13.3. The van der Waals surface area contributed by atoms with E-state index >= 15 is 0 Å². The normalized spacial score (nSPS) is 16.6. The minimum Gasteiger partial charge on any atom is -0.326 e. The predicted molar refractivity (Wildman–Crippen MR) is 92.4 cm³/mol. The van der Waals surface area contributed by atoms with Crippen molar-refractivity contribution < 1.29 is 4.39 Å². The highest BCUT2D eigenvalue weighted by Crippen LogP contribution is 2.23. The number of hydrogen-bond acceptors (Lipinski definition) is 2. The Balaban J connectivity index is 1.48. The standard InChI is InChI=1S/C20H25FN2/c21-20-3-1-2-19(13-20)12-16-8-10-23(11-9-16)15-18-6-4-17(14-22)5-7-18/h1-7,13,16H,8-12,14-15,22H2. The number of piperidine rings is 1. The van der Waals surface area contributed by atoms with Crippen molar-refractivity contribution in [1.82, 2.24) is 4.90 Å². The van der Waals surface area contributed by atoms with Crippen molar-refractivity contribution in [3.8, 4) is 0 Å². The van der Waals surface area contributed by atoms with Crippen molar-refractivity contribution in [3.05, 3.63) is 71.0 Å². The van der Waals surface area contributed by atoms with Gasteiger partial charge in [-0.15, -0.1) is 0 Å². The zero-order valence-corrected chi connectivity index (χ0v) is 13.5. The Kier molecular flexibility index (Phi) is 5.42. The summed E-state index contributed by atoms with van der Waals surface area (Å²) in [5.41, 5.74) is 9.30. The van der Waals surface area contributed by atoms with E-state index in [0.717, 1.165) is 31.6 Å². The molecule has 3 rings (SSSR count). The monoisotopic (exact) mass is 312 g/mol. The van der Waals surface area contributed by atoms with E-state index in [0.29, 0.717) is 12.5 Å². The molecule has 1 aliphatic rings. The molecule has 0 saturated carbocycles. The SMILES string of the molecule is NCc1ccc(CN2CCC(Cc3cccc(F)c3)CC2)cc1. The van der Waals surface area contributed by atoms with Crippen LogP contribution < -0.4 is 5.73 Å². The lowest BCUT2D eigenvalue weighted by atomic mass is 9.90. The molecule has 1 aliphatic heterocycles.